The van der Waals surface area contributed by atoms with Gasteiger partial charge < -0.3 is 0 Å². The fourth-order valence-electron chi connectivity index (χ4n) is 0. The van der Waals surface area contributed by atoms with Gasteiger partial charge in [-0.25, -0.2) is 0 Å². The molecule has 0 saturated carbocycles. The number of rotatable bonds is 1. The maximum atomic E-state index is 10.2. The maximum absolute atomic E-state index is 10.2. The monoisotopic (exact) mass is 474 g/mol. The van der Waals surface area contributed by atoms with Crippen LogP contribution in [0.5, 0.6) is 0 Å². The van der Waals surface area contributed by atoms with E-state index in [1.807, 2.05) is 0 Å². The highest BCUT2D eigenvalue weighted by Gasteiger charge is 2.33. The Hall–Kier alpha value is 2.10. The summed E-state index contributed by atoms with van der Waals surface area (Å²) in [6.45, 7) is 0. The Labute approximate surface area is 88.2 Å². The summed E-state index contributed by atoms with van der Waals surface area (Å²) in [4.78, 5) is 0. The highest BCUT2D eigenvalue weighted by Crippen LogP contribution is 2.39. The SMILES string of the molecule is O=S(=O)(O)C(I)(I)I. The van der Waals surface area contributed by atoms with Crippen molar-refractivity contribution >= 4 is 77.9 Å². The predicted octanol–water partition coefficient (Wildman–Crippen LogP) is 1.79. The first kappa shape index (κ1) is 10.1. The lowest BCUT2D eigenvalue weighted by Crippen LogP contribution is -2.14. The van der Waals surface area contributed by atoms with Crippen molar-refractivity contribution in [2.24, 2.45) is 0 Å². The van der Waals surface area contributed by atoms with Gasteiger partial charge in [-0.2, -0.15) is 8.42 Å². The molecule has 0 spiro atoms. The highest BCUT2D eigenvalue weighted by molar-refractivity contribution is 14.3. The number of alkyl halides is 3. The second kappa shape index (κ2) is 3.00. The van der Waals surface area contributed by atoms with E-state index in [0.29, 0.717) is 0 Å². The van der Waals surface area contributed by atoms with Crippen LogP contribution in [0.15, 0.2) is 0 Å². The molecule has 0 aromatic carbocycles. The summed E-state index contributed by atoms with van der Waals surface area (Å²) < 4.78 is 27.6. The van der Waals surface area contributed by atoms with Gasteiger partial charge in [0.25, 0.3) is 10.1 Å². The van der Waals surface area contributed by atoms with Gasteiger partial charge in [0, 0.05) is 0 Å². The summed E-state index contributed by atoms with van der Waals surface area (Å²) in [6.07, 6.45) is 0. The van der Waals surface area contributed by atoms with Gasteiger partial charge in [0.2, 0.25) is -1.23 Å². The molecule has 0 aromatic rings. The van der Waals surface area contributed by atoms with Crippen LogP contribution in [0.25, 0.3) is 0 Å². The fourth-order valence-corrected chi connectivity index (χ4v) is 0. The third-order valence-electron chi connectivity index (χ3n) is 0.292. The van der Waals surface area contributed by atoms with Crippen LogP contribution in [0.3, 0.4) is 0 Å². The molecule has 0 aromatic heterocycles. The quantitative estimate of drug-likeness (QED) is 0.359. The molecule has 0 atom stereocenters. The molecule has 0 unspecified atom stereocenters. The molecular weight excluding hydrogens is 473 g/mol. The predicted molar refractivity (Wildman–Crippen MR) is 56.3 cm³/mol. The minimum atomic E-state index is -3.88. The highest BCUT2D eigenvalue weighted by atomic mass is 127. The van der Waals surface area contributed by atoms with E-state index in [9.17, 15) is 8.42 Å². The van der Waals surface area contributed by atoms with Crippen LogP contribution in [0.2, 0.25) is 0 Å². The van der Waals surface area contributed by atoms with Crippen molar-refractivity contribution in [2.45, 2.75) is -1.23 Å². The molecule has 50 valence electrons. The maximum Gasteiger partial charge on any atom is 0.299 e. The summed E-state index contributed by atoms with van der Waals surface area (Å²) in [5, 5.41) is 0. The van der Waals surface area contributed by atoms with Gasteiger partial charge in [-0.3, -0.25) is 4.55 Å². The van der Waals surface area contributed by atoms with E-state index >= 15 is 0 Å². The van der Waals surface area contributed by atoms with E-state index in [4.69, 9.17) is 4.55 Å². The van der Waals surface area contributed by atoms with Crippen LogP contribution in [0.4, 0.5) is 0 Å². The van der Waals surface area contributed by atoms with Crippen LogP contribution in [0.1, 0.15) is 0 Å². The lowest BCUT2D eigenvalue weighted by Gasteiger charge is -2.05. The van der Waals surface area contributed by atoms with E-state index in [-0.39, 0.29) is 0 Å². The van der Waals surface area contributed by atoms with Gasteiger partial charge in [0.1, 0.15) is 0 Å². The normalized spacial score (nSPS) is 14.0. The zero-order chi connectivity index (χ0) is 7.00. The van der Waals surface area contributed by atoms with Crippen LogP contribution >= 0.6 is 67.8 Å². The zero-order valence-corrected chi connectivity index (χ0v) is 10.6. The van der Waals surface area contributed by atoms with Crippen LogP contribution in [-0.4, -0.2) is 11.7 Å². The summed E-state index contributed by atoms with van der Waals surface area (Å²) in [5.74, 6) is 0. The number of hydrogen-bond donors (Lipinski definition) is 1. The molecule has 0 saturated heterocycles. The van der Waals surface area contributed by atoms with Gasteiger partial charge in [-0.15, -0.1) is 0 Å². The summed E-state index contributed by atoms with van der Waals surface area (Å²) in [6, 6.07) is 0. The van der Waals surface area contributed by atoms with Crippen molar-refractivity contribution in [3.8, 4) is 0 Å². The summed E-state index contributed by atoms with van der Waals surface area (Å²) >= 11 is 4.86. The molecule has 0 aliphatic rings. The van der Waals surface area contributed by atoms with Crippen LogP contribution < -0.4 is 0 Å². The van der Waals surface area contributed by atoms with Crippen molar-refractivity contribution in [3.63, 3.8) is 0 Å². The Morgan fingerprint density at radius 3 is 1.38 bits per heavy atom. The molecule has 0 radical (unpaired) electrons. The molecule has 8 heavy (non-hydrogen) atoms. The molecule has 0 bridgehead atoms. The molecular formula is CHI3O3S. The molecule has 0 heterocycles. The topological polar surface area (TPSA) is 54.4 Å². The smallest absolute Gasteiger partial charge is 0.283 e. The second-order valence-corrected chi connectivity index (χ2v) is 15.7. The third-order valence-corrected chi connectivity index (χ3v) is 5.89. The van der Waals surface area contributed by atoms with Crippen molar-refractivity contribution < 1.29 is 13.0 Å². The standard InChI is InChI=1S/CHI3O3S/c2-1(3,4)8(5,6)7/h(H,5,6,7). The molecule has 1 N–H and O–H groups in total. The van der Waals surface area contributed by atoms with E-state index in [2.05, 4.69) is 0 Å². The molecule has 7 heteroatoms. The first-order valence-electron chi connectivity index (χ1n) is 1.29. The Kier molecular flexibility index (Phi) is 3.79. The van der Waals surface area contributed by atoms with Gasteiger partial charge >= 0.3 is 0 Å². The average Bonchev–Trinajstić information content (AvgIpc) is 1.25. The minimum absolute atomic E-state index is 1.12. The lowest BCUT2D eigenvalue weighted by molar-refractivity contribution is 0.488. The van der Waals surface area contributed by atoms with Gasteiger partial charge in [0.15, 0.2) is 0 Å². The Morgan fingerprint density at radius 1 is 1.25 bits per heavy atom. The summed E-state index contributed by atoms with van der Waals surface area (Å²) in [5.41, 5.74) is 0. The van der Waals surface area contributed by atoms with Crippen molar-refractivity contribution in [2.75, 3.05) is 0 Å². The van der Waals surface area contributed by atoms with E-state index < -0.39 is 8.89 Å². The number of halogens is 3. The molecule has 0 rings (SSSR count). The van der Waals surface area contributed by atoms with Crippen LogP contribution in [-0.2, 0) is 10.1 Å². The molecule has 0 amide bonds. The molecule has 3 nitrogen and oxygen atoms in total. The Balaban J connectivity index is 4.53. The summed E-state index contributed by atoms with van der Waals surface area (Å²) in [7, 11) is -3.88. The fraction of sp³-hybridized carbons (Fsp3) is 1.00. The van der Waals surface area contributed by atoms with Crippen molar-refractivity contribution in [1.82, 2.24) is 0 Å². The first-order chi connectivity index (χ1) is 3.25. The van der Waals surface area contributed by atoms with Gasteiger partial charge in [-0.05, 0) is 67.8 Å². The van der Waals surface area contributed by atoms with Crippen molar-refractivity contribution in [3.05, 3.63) is 0 Å². The molecule has 0 aliphatic carbocycles. The second-order valence-electron chi connectivity index (χ2n) is 0.921. The number of hydrogen-bond acceptors (Lipinski definition) is 2. The van der Waals surface area contributed by atoms with E-state index in [1.165, 1.54) is 0 Å². The van der Waals surface area contributed by atoms with Crippen LogP contribution in [0, 0.1) is 0 Å². The molecule has 0 fully saturated rings. The molecule has 0 aliphatic heterocycles. The van der Waals surface area contributed by atoms with Gasteiger partial charge in [0.05, 0.1) is 0 Å². The lowest BCUT2D eigenvalue weighted by atomic mass is 11.9. The van der Waals surface area contributed by atoms with E-state index in [1.54, 1.807) is 67.8 Å². The minimum Gasteiger partial charge on any atom is -0.283 e. The zero-order valence-electron chi connectivity index (χ0n) is 3.31. The van der Waals surface area contributed by atoms with Crippen molar-refractivity contribution in [1.29, 1.82) is 0 Å². The Morgan fingerprint density at radius 2 is 1.38 bits per heavy atom. The Bertz CT molecular complexity index is 163. The average molecular weight is 474 g/mol. The third kappa shape index (κ3) is 3.31. The van der Waals surface area contributed by atoms with E-state index in [0.717, 1.165) is 0 Å². The first-order valence-corrected chi connectivity index (χ1v) is 5.96. The largest absolute Gasteiger partial charge is 0.299 e. The van der Waals surface area contributed by atoms with Gasteiger partial charge in [-0.1, -0.05) is 0 Å².